The van der Waals surface area contributed by atoms with Crippen LogP contribution in [0.25, 0.3) is 0 Å². The molecule has 4 rings (SSSR count). The van der Waals surface area contributed by atoms with Gasteiger partial charge in [-0.3, -0.25) is 14.6 Å². The Balaban J connectivity index is 1.33. The first-order valence-corrected chi connectivity index (χ1v) is 12.9. The number of carbonyl (C=O) groups excluding carboxylic acids is 2. The van der Waals surface area contributed by atoms with Crippen LogP contribution in [0.4, 0.5) is 5.69 Å². The summed E-state index contributed by atoms with van der Waals surface area (Å²) >= 11 is 7.51. The fraction of sp³-hybridized carbons (Fsp3) is 0.423. The first-order valence-electron chi connectivity index (χ1n) is 11.6. The van der Waals surface area contributed by atoms with Gasteiger partial charge in [0.05, 0.1) is 24.6 Å². The van der Waals surface area contributed by atoms with Crippen LogP contribution in [0.15, 0.2) is 53.5 Å². The van der Waals surface area contributed by atoms with Crippen molar-refractivity contribution in [2.75, 3.05) is 31.6 Å². The molecular formula is C26H30ClN3O3S. The van der Waals surface area contributed by atoms with Gasteiger partial charge in [-0.2, -0.15) is 0 Å². The number of amides is 1. The Morgan fingerprint density at radius 1 is 1.21 bits per heavy atom. The van der Waals surface area contributed by atoms with Crippen LogP contribution in [0, 0.1) is 5.92 Å². The third kappa shape index (κ3) is 5.94. The van der Waals surface area contributed by atoms with Gasteiger partial charge in [-0.05, 0) is 49.4 Å². The number of rotatable bonds is 7. The smallest absolute Gasteiger partial charge is 0.310 e. The molecule has 2 heterocycles. The van der Waals surface area contributed by atoms with Gasteiger partial charge in [0.15, 0.2) is 0 Å². The first-order chi connectivity index (χ1) is 16.4. The summed E-state index contributed by atoms with van der Waals surface area (Å²) in [7, 11) is 1.41. The summed E-state index contributed by atoms with van der Waals surface area (Å²) in [6.45, 7) is 4.41. The van der Waals surface area contributed by atoms with Gasteiger partial charge in [-0.25, -0.2) is 0 Å². The van der Waals surface area contributed by atoms with Crippen LogP contribution in [0.3, 0.4) is 0 Å². The van der Waals surface area contributed by atoms with E-state index in [2.05, 4.69) is 16.3 Å². The summed E-state index contributed by atoms with van der Waals surface area (Å²) in [5, 5.41) is 4.52. The van der Waals surface area contributed by atoms with Crippen molar-refractivity contribution in [3.05, 3.63) is 64.7 Å². The van der Waals surface area contributed by atoms with E-state index >= 15 is 0 Å². The Morgan fingerprint density at radius 2 is 1.97 bits per heavy atom. The molecule has 6 nitrogen and oxygen atoms in total. The number of nitrogens with zero attached hydrogens (tertiary/aromatic N) is 2. The fourth-order valence-corrected chi connectivity index (χ4v) is 5.82. The topological polar surface area (TPSA) is 71.0 Å². The monoisotopic (exact) mass is 499 g/mol. The number of anilines is 1. The molecule has 0 radical (unpaired) electrons. The zero-order valence-corrected chi connectivity index (χ0v) is 21.1. The van der Waals surface area contributed by atoms with Gasteiger partial charge in [0.25, 0.3) is 0 Å². The maximum atomic E-state index is 13.0. The van der Waals surface area contributed by atoms with E-state index < -0.39 is 0 Å². The van der Waals surface area contributed by atoms with Crippen molar-refractivity contribution in [1.29, 1.82) is 0 Å². The number of hydrogen-bond donors (Lipinski definition) is 1. The average molecular weight is 500 g/mol. The zero-order chi connectivity index (χ0) is 24.1. The summed E-state index contributed by atoms with van der Waals surface area (Å²) in [5.41, 5.74) is 3.04. The number of carbonyl (C=O) groups is 2. The van der Waals surface area contributed by atoms with Gasteiger partial charge in [0.1, 0.15) is 5.25 Å². The Kier molecular flexibility index (Phi) is 8.16. The lowest BCUT2D eigenvalue weighted by atomic mass is 9.96. The van der Waals surface area contributed by atoms with Gasteiger partial charge >= 0.3 is 5.97 Å². The molecule has 3 atom stereocenters. The minimum Gasteiger partial charge on any atom is -0.469 e. The van der Waals surface area contributed by atoms with E-state index in [9.17, 15) is 9.59 Å². The first kappa shape index (κ1) is 24.6. The molecule has 2 aliphatic rings. The predicted molar refractivity (Wildman–Crippen MR) is 139 cm³/mol. The number of halogens is 1. The highest BCUT2D eigenvalue weighted by Gasteiger charge is 2.34. The van der Waals surface area contributed by atoms with Crippen molar-refractivity contribution in [3.63, 3.8) is 0 Å². The summed E-state index contributed by atoms with van der Waals surface area (Å²) in [6.07, 6.45) is 2.37. The summed E-state index contributed by atoms with van der Waals surface area (Å²) in [4.78, 5) is 31.9. The lowest BCUT2D eigenvalue weighted by molar-refractivity contribution is -0.139. The summed E-state index contributed by atoms with van der Waals surface area (Å²) < 4.78 is 4.86. The standard InChI is InChI=1S/C26H30ClN3O3S/c1-17-24(34-26(29-17)19-9-11-21(27)12-10-19)25(32)28-15-18-6-5-13-30(16-18)22-8-4-3-7-20(22)14-23(31)33-2/h3-4,7-12,17-18,24H,5-6,13-16H2,1-2H3,(H,28,32). The van der Waals surface area contributed by atoms with Crippen LogP contribution in [0.2, 0.25) is 5.02 Å². The highest BCUT2D eigenvalue weighted by molar-refractivity contribution is 8.15. The fourth-order valence-electron chi connectivity index (χ4n) is 4.50. The maximum Gasteiger partial charge on any atom is 0.310 e. The number of thioether (sulfide) groups is 1. The Labute approximate surface area is 210 Å². The third-order valence-electron chi connectivity index (χ3n) is 6.33. The lowest BCUT2D eigenvalue weighted by Gasteiger charge is -2.35. The minimum absolute atomic E-state index is 0.0356. The number of hydrogen-bond acceptors (Lipinski definition) is 6. The molecule has 2 aliphatic heterocycles. The van der Waals surface area contributed by atoms with Crippen molar-refractivity contribution < 1.29 is 14.3 Å². The molecule has 0 saturated carbocycles. The van der Waals surface area contributed by atoms with Gasteiger partial charge in [0, 0.05) is 35.9 Å². The molecule has 180 valence electrons. The normalized spacial score (nSPS) is 22.3. The molecular weight excluding hydrogens is 470 g/mol. The van der Waals surface area contributed by atoms with Crippen LogP contribution in [-0.2, 0) is 20.7 Å². The Hall–Kier alpha value is -2.51. The third-order valence-corrected chi connectivity index (χ3v) is 8.00. The molecule has 2 aromatic rings. The van der Waals surface area contributed by atoms with E-state index in [4.69, 9.17) is 21.3 Å². The highest BCUT2D eigenvalue weighted by atomic mass is 35.5. The SMILES string of the molecule is COC(=O)Cc1ccccc1N1CCCC(CNC(=O)C2SC(c3ccc(Cl)cc3)=NC2C)C1. The Bertz CT molecular complexity index is 1060. The Morgan fingerprint density at radius 3 is 2.74 bits per heavy atom. The highest BCUT2D eigenvalue weighted by Crippen LogP contribution is 2.31. The van der Waals surface area contributed by atoms with Gasteiger partial charge in [-0.1, -0.05) is 53.7 Å². The van der Waals surface area contributed by atoms with E-state index in [0.29, 0.717) is 17.5 Å². The number of esters is 1. The molecule has 34 heavy (non-hydrogen) atoms. The quantitative estimate of drug-likeness (QED) is 0.574. The second kappa shape index (κ2) is 11.3. The molecule has 0 aliphatic carbocycles. The van der Waals surface area contributed by atoms with Crippen LogP contribution in [0.1, 0.15) is 30.9 Å². The minimum atomic E-state index is -0.239. The van der Waals surface area contributed by atoms with E-state index in [1.54, 1.807) is 0 Å². The van der Waals surface area contributed by atoms with E-state index in [0.717, 1.165) is 47.8 Å². The predicted octanol–water partition coefficient (Wildman–Crippen LogP) is 4.34. The average Bonchev–Trinajstić information content (AvgIpc) is 3.25. The number of methoxy groups -OCH3 is 1. The largest absolute Gasteiger partial charge is 0.469 e. The van der Waals surface area contributed by atoms with Crippen LogP contribution >= 0.6 is 23.4 Å². The van der Waals surface area contributed by atoms with Crippen molar-refractivity contribution in [1.82, 2.24) is 5.32 Å². The van der Waals surface area contributed by atoms with Crippen molar-refractivity contribution in [3.8, 4) is 0 Å². The number of benzene rings is 2. The number of nitrogens with one attached hydrogen (secondary N) is 1. The summed E-state index contributed by atoms with van der Waals surface area (Å²) in [6, 6.07) is 15.5. The summed E-state index contributed by atoms with van der Waals surface area (Å²) in [5.74, 6) is 0.146. The molecule has 0 spiro atoms. The molecule has 8 heteroatoms. The lowest BCUT2D eigenvalue weighted by Crippen LogP contribution is -2.44. The molecule has 0 bridgehead atoms. The second-order valence-corrected chi connectivity index (χ2v) is 10.4. The molecule has 1 amide bonds. The molecule has 1 fully saturated rings. The van der Waals surface area contributed by atoms with Crippen molar-refractivity contribution >= 4 is 46.0 Å². The van der Waals surface area contributed by atoms with Gasteiger partial charge < -0.3 is 15.0 Å². The number of aliphatic imine (C=N–C) groups is 1. The number of piperidine rings is 1. The molecule has 2 aromatic carbocycles. The van der Waals surface area contributed by atoms with Gasteiger partial charge in [-0.15, -0.1) is 0 Å². The maximum absolute atomic E-state index is 13.0. The van der Waals surface area contributed by atoms with E-state index in [-0.39, 0.29) is 29.6 Å². The van der Waals surface area contributed by atoms with Crippen molar-refractivity contribution in [2.45, 2.75) is 37.5 Å². The number of ether oxygens (including phenoxy) is 1. The van der Waals surface area contributed by atoms with Crippen molar-refractivity contribution in [2.24, 2.45) is 10.9 Å². The van der Waals surface area contributed by atoms with Crippen LogP contribution < -0.4 is 10.2 Å². The number of para-hydroxylation sites is 1. The molecule has 1 saturated heterocycles. The van der Waals surface area contributed by atoms with Crippen LogP contribution in [0.5, 0.6) is 0 Å². The van der Waals surface area contributed by atoms with Crippen LogP contribution in [-0.4, -0.2) is 55.0 Å². The molecule has 3 unspecified atom stereocenters. The molecule has 0 aromatic heterocycles. The van der Waals surface area contributed by atoms with Gasteiger partial charge in [0.2, 0.25) is 5.91 Å². The second-order valence-electron chi connectivity index (χ2n) is 8.80. The molecule has 1 N–H and O–H groups in total. The zero-order valence-electron chi connectivity index (χ0n) is 19.5. The van der Waals surface area contributed by atoms with E-state index in [1.807, 2.05) is 49.4 Å². The van der Waals surface area contributed by atoms with E-state index in [1.165, 1.54) is 18.9 Å².